The van der Waals surface area contributed by atoms with E-state index in [9.17, 15) is 4.79 Å². The number of nitrogens with two attached hydrogens (primary N) is 1. The maximum absolute atomic E-state index is 11.2. The molecule has 0 aliphatic carbocycles. The van der Waals surface area contributed by atoms with Crippen LogP contribution >= 0.6 is 0 Å². The molecule has 0 aromatic carbocycles. The summed E-state index contributed by atoms with van der Waals surface area (Å²) in [5.74, 6) is -0.571. The summed E-state index contributed by atoms with van der Waals surface area (Å²) in [7, 11) is 1.40. The van der Waals surface area contributed by atoms with Gasteiger partial charge in [0.2, 0.25) is 0 Å². The van der Waals surface area contributed by atoms with Crippen LogP contribution in [0.5, 0.6) is 0 Å². The Morgan fingerprint density at radius 1 is 1.27 bits per heavy atom. The Morgan fingerprint density at radius 3 is 2.87 bits per heavy atom. The van der Waals surface area contributed by atoms with Crippen molar-refractivity contribution in [3.8, 4) is 0 Å². The molecular weight excluding hydrogens is 392 g/mol. The topological polar surface area (TPSA) is 136 Å². The van der Waals surface area contributed by atoms with E-state index in [4.69, 9.17) is 19.9 Å². The largest absolute Gasteiger partial charge is 0.469 e. The molecule has 4 atom stereocenters. The van der Waals surface area contributed by atoms with Gasteiger partial charge in [-0.25, -0.2) is 15.0 Å². The second-order valence-electron chi connectivity index (χ2n) is 7.95. The lowest BCUT2D eigenvalue weighted by Crippen LogP contribution is -2.37. The number of aromatic nitrogens is 4. The van der Waals surface area contributed by atoms with Gasteiger partial charge >= 0.3 is 5.97 Å². The fourth-order valence-electron chi connectivity index (χ4n) is 3.97. The predicted octanol–water partition coefficient (Wildman–Crippen LogP) is 0.759. The van der Waals surface area contributed by atoms with Crippen molar-refractivity contribution in [2.45, 2.75) is 63.4 Å². The summed E-state index contributed by atoms with van der Waals surface area (Å²) in [4.78, 5) is 23.8. The number of imidazole rings is 1. The second kappa shape index (κ2) is 8.42. The van der Waals surface area contributed by atoms with Gasteiger partial charge in [0.25, 0.3) is 0 Å². The molecule has 0 saturated carbocycles. The van der Waals surface area contributed by atoms with Crippen molar-refractivity contribution < 1.29 is 23.7 Å². The van der Waals surface area contributed by atoms with Crippen LogP contribution in [0, 0.1) is 0 Å². The Bertz CT molecular complexity index is 903. The Labute approximate surface area is 174 Å². The summed E-state index contributed by atoms with van der Waals surface area (Å²) >= 11 is 0. The van der Waals surface area contributed by atoms with Crippen LogP contribution < -0.4 is 11.1 Å². The Balaban J connectivity index is 1.42. The summed E-state index contributed by atoms with van der Waals surface area (Å²) in [6.45, 7) is 5.15. The van der Waals surface area contributed by atoms with Crippen LogP contribution in [0.2, 0.25) is 0 Å². The van der Waals surface area contributed by atoms with Crippen molar-refractivity contribution in [3.63, 3.8) is 0 Å². The zero-order valence-corrected chi connectivity index (χ0v) is 17.4. The lowest BCUT2D eigenvalue weighted by atomic mass is 10.1. The lowest BCUT2D eigenvalue weighted by molar-refractivity contribution is -0.195. The number of nitrogen functional groups attached to an aromatic ring is 1. The molecule has 2 fully saturated rings. The number of rotatable bonds is 8. The molecular formula is C19H28N6O5. The molecule has 0 radical (unpaired) electrons. The fourth-order valence-corrected chi connectivity index (χ4v) is 3.97. The lowest BCUT2D eigenvalue weighted by Gasteiger charge is -2.25. The highest BCUT2D eigenvalue weighted by molar-refractivity contribution is 5.81. The molecule has 0 amide bonds. The summed E-state index contributed by atoms with van der Waals surface area (Å²) in [6.07, 6.45) is 3.93. The Morgan fingerprint density at radius 2 is 2.07 bits per heavy atom. The maximum Gasteiger partial charge on any atom is 0.305 e. The number of fused-ring (bicyclic) bond motifs is 2. The number of esters is 1. The minimum Gasteiger partial charge on any atom is -0.469 e. The number of methoxy groups -OCH3 is 1. The van der Waals surface area contributed by atoms with Gasteiger partial charge in [-0.05, 0) is 33.2 Å². The van der Waals surface area contributed by atoms with E-state index in [2.05, 4.69) is 25.0 Å². The van der Waals surface area contributed by atoms with Gasteiger partial charge in [-0.1, -0.05) is 0 Å². The van der Waals surface area contributed by atoms with E-state index >= 15 is 0 Å². The van der Waals surface area contributed by atoms with Crippen molar-refractivity contribution in [2.75, 3.05) is 25.9 Å². The van der Waals surface area contributed by atoms with Gasteiger partial charge in [0, 0.05) is 13.0 Å². The number of carbonyl (C=O) groups excluding carboxylic acids is 1. The molecule has 2 aromatic heterocycles. The number of ether oxygens (including phenoxy) is 4. The Kier molecular flexibility index (Phi) is 5.87. The van der Waals surface area contributed by atoms with Gasteiger partial charge in [0.15, 0.2) is 23.5 Å². The molecule has 30 heavy (non-hydrogen) atoms. The van der Waals surface area contributed by atoms with Crippen LogP contribution in [0.4, 0.5) is 5.82 Å². The first-order chi connectivity index (χ1) is 14.4. The summed E-state index contributed by atoms with van der Waals surface area (Å²) in [5.41, 5.74) is 7.04. The normalized spacial score (nSPS) is 27.4. The number of nitrogens with zero attached hydrogens (tertiary/aromatic N) is 4. The zero-order chi connectivity index (χ0) is 21.3. The highest BCUT2D eigenvalue weighted by Gasteiger charge is 2.55. The molecule has 4 rings (SSSR count). The average molecular weight is 420 g/mol. The van der Waals surface area contributed by atoms with Crippen LogP contribution in [0.3, 0.4) is 0 Å². The number of unbranched alkanes of at least 4 members (excludes halogenated alkanes) is 1. The van der Waals surface area contributed by atoms with Crippen LogP contribution in [0.15, 0.2) is 12.7 Å². The van der Waals surface area contributed by atoms with E-state index in [-0.39, 0.29) is 24.3 Å². The van der Waals surface area contributed by atoms with Crippen LogP contribution in [-0.4, -0.2) is 69.8 Å². The molecule has 4 unspecified atom stereocenters. The van der Waals surface area contributed by atoms with Crippen LogP contribution in [0.1, 0.15) is 39.3 Å². The first kappa shape index (κ1) is 20.9. The van der Waals surface area contributed by atoms with E-state index in [0.717, 1.165) is 19.4 Å². The van der Waals surface area contributed by atoms with Gasteiger partial charge in [-0.15, -0.1) is 0 Å². The number of carbonyl (C=O) groups is 1. The molecule has 0 spiro atoms. The van der Waals surface area contributed by atoms with Crippen LogP contribution in [0.25, 0.3) is 11.2 Å². The molecule has 2 aliphatic rings. The quantitative estimate of drug-likeness (QED) is 0.465. The highest BCUT2D eigenvalue weighted by Crippen LogP contribution is 2.43. The third-order valence-electron chi connectivity index (χ3n) is 5.34. The van der Waals surface area contributed by atoms with Crippen molar-refractivity contribution in [1.29, 1.82) is 0 Å². The molecule has 0 bridgehead atoms. The first-order valence-electron chi connectivity index (χ1n) is 10.1. The molecule has 4 heterocycles. The molecule has 11 heteroatoms. The van der Waals surface area contributed by atoms with Gasteiger partial charge in [0.1, 0.15) is 30.2 Å². The van der Waals surface area contributed by atoms with Gasteiger partial charge < -0.3 is 30.0 Å². The number of hydrogen-bond donors (Lipinski definition) is 2. The molecule has 164 valence electrons. The van der Waals surface area contributed by atoms with Crippen molar-refractivity contribution in [1.82, 2.24) is 24.8 Å². The van der Waals surface area contributed by atoms with Gasteiger partial charge in [-0.2, -0.15) is 0 Å². The number of nitrogens with one attached hydrogen (secondary N) is 1. The maximum atomic E-state index is 11.2. The van der Waals surface area contributed by atoms with E-state index < -0.39 is 12.0 Å². The molecule has 2 saturated heterocycles. The molecule has 2 aromatic rings. The summed E-state index contributed by atoms with van der Waals surface area (Å²) < 4.78 is 25.1. The van der Waals surface area contributed by atoms with E-state index in [1.54, 1.807) is 6.33 Å². The fraction of sp³-hybridized carbons (Fsp3) is 0.684. The van der Waals surface area contributed by atoms with Crippen molar-refractivity contribution in [3.05, 3.63) is 12.7 Å². The predicted molar refractivity (Wildman–Crippen MR) is 106 cm³/mol. The zero-order valence-electron chi connectivity index (χ0n) is 17.4. The first-order valence-corrected chi connectivity index (χ1v) is 10.1. The standard InChI is InChI=1S/C19H28N6O5/c1-19(2)29-14-11(8-21-7-5-4-6-12(26)27-3)28-18(15(14)30-19)25-10-24-13-16(20)22-9-23-17(13)25/h9-11,14-15,18,21H,4-8H2,1-3H3,(H2,20,22,23). The van der Waals surface area contributed by atoms with Gasteiger partial charge in [-0.3, -0.25) is 9.36 Å². The minimum atomic E-state index is -0.708. The summed E-state index contributed by atoms with van der Waals surface area (Å²) in [5, 5.41) is 3.39. The SMILES string of the molecule is COC(=O)CCCCNCC1OC(n2cnc3c(N)ncnc32)C2OC(C)(C)OC12. The van der Waals surface area contributed by atoms with Gasteiger partial charge in [0.05, 0.1) is 13.4 Å². The van der Waals surface area contributed by atoms with E-state index in [1.165, 1.54) is 13.4 Å². The molecule has 2 aliphatic heterocycles. The molecule has 11 nitrogen and oxygen atoms in total. The monoisotopic (exact) mass is 420 g/mol. The number of anilines is 1. The summed E-state index contributed by atoms with van der Waals surface area (Å²) in [6, 6.07) is 0. The smallest absolute Gasteiger partial charge is 0.305 e. The minimum absolute atomic E-state index is 0.185. The van der Waals surface area contributed by atoms with E-state index in [1.807, 2.05) is 18.4 Å². The Hall–Kier alpha value is -2.34. The third kappa shape index (κ3) is 4.10. The van der Waals surface area contributed by atoms with E-state index in [0.29, 0.717) is 29.9 Å². The highest BCUT2D eigenvalue weighted by atomic mass is 16.8. The number of hydrogen-bond acceptors (Lipinski definition) is 10. The van der Waals surface area contributed by atoms with Crippen LogP contribution in [-0.2, 0) is 23.7 Å². The van der Waals surface area contributed by atoms with Crippen molar-refractivity contribution >= 4 is 23.0 Å². The third-order valence-corrected chi connectivity index (χ3v) is 5.34. The average Bonchev–Trinajstić information content (AvgIpc) is 3.36. The molecule has 3 N–H and O–H groups in total. The van der Waals surface area contributed by atoms with Crippen molar-refractivity contribution in [2.24, 2.45) is 0 Å². The second-order valence-corrected chi connectivity index (χ2v) is 7.95.